The first kappa shape index (κ1) is 10.4. The van der Waals surface area contributed by atoms with Crippen molar-refractivity contribution in [3.8, 4) is 11.4 Å². The molecule has 1 aromatic carbocycles. The van der Waals surface area contributed by atoms with E-state index in [1.807, 2.05) is 0 Å². The average molecular weight is 220 g/mol. The third-order valence-corrected chi connectivity index (χ3v) is 2.05. The molecule has 6 nitrogen and oxygen atoms in total. The first-order valence-corrected chi connectivity index (χ1v) is 4.86. The van der Waals surface area contributed by atoms with Crippen LogP contribution in [-0.4, -0.2) is 27.9 Å². The van der Waals surface area contributed by atoms with Crippen molar-refractivity contribution in [3.63, 3.8) is 0 Å². The highest BCUT2D eigenvalue weighted by atomic mass is 16.5. The van der Waals surface area contributed by atoms with E-state index in [1.165, 1.54) is 10.9 Å². The Morgan fingerprint density at radius 1 is 1.38 bits per heavy atom. The van der Waals surface area contributed by atoms with Gasteiger partial charge in [-0.25, -0.2) is 14.5 Å². The second-order valence-corrected chi connectivity index (χ2v) is 3.16. The number of aromatic nitrogens is 3. The zero-order valence-corrected chi connectivity index (χ0v) is 8.59. The predicted molar refractivity (Wildman–Crippen MR) is 58.7 cm³/mol. The molecule has 3 N–H and O–H groups in total. The van der Waals surface area contributed by atoms with Crippen molar-refractivity contribution in [3.05, 3.63) is 41.1 Å². The van der Waals surface area contributed by atoms with E-state index in [0.717, 1.165) is 11.4 Å². The number of nitrogens with zero attached hydrogens (tertiary/aromatic N) is 2. The number of aromatic amines is 1. The van der Waals surface area contributed by atoms with Gasteiger partial charge in [-0.15, -0.1) is 0 Å². The van der Waals surface area contributed by atoms with Gasteiger partial charge >= 0.3 is 5.69 Å². The number of nitrogens with two attached hydrogens (primary N) is 1. The van der Waals surface area contributed by atoms with Crippen LogP contribution in [0.25, 0.3) is 5.69 Å². The smallest absolute Gasteiger partial charge is 0.347 e. The Morgan fingerprint density at radius 3 is 2.69 bits per heavy atom. The highest BCUT2D eigenvalue weighted by Crippen LogP contribution is 2.13. The third kappa shape index (κ3) is 2.12. The van der Waals surface area contributed by atoms with Crippen LogP contribution in [0.2, 0.25) is 0 Å². The first-order chi connectivity index (χ1) is 7.81. The van der Waals surface area contributed by atoms with Gasteiger partial charge in [0, 0.05) is 6.54 Å². The van der Waals surface area contributed by atoms with Gasteiger partial charge in [0.15, 0.2) is 0 Å². The van der Waals surface area contributed by atoms with Crippen molar-refractivity contribution in [2.75, 3.05) is 13.2 Å². The summed E-state index contributed by atoms with van der Waals surface area (Å²) >= 11 is 0. The fraction of sp³-hybridized carbons (Fsp3) is 0.200. The van der Waals surface area contributed by atoms with Crippen LogP contribution < -0.4 is 16.2 Å². The minimum atomic E-state index is -0.268. The average Bonchev–Trinajstić information content (AvgIpc) is 2.74. The Labute approximate surface area is 91.7 Å². The summed E-state index contributed by atoms with van der Waals surface area (Å²) in [5, 5.41) is 5.97. The summed E-state index contributed by atoms with van der Waals surface area (Å²) in [6.07, 6.45) is 1.43. The highest BCUT2D eigenvalue weighted by Gasteiger charge is 2.00. The number of rotatable bonds is 4. The van der Waals surface area contributed by atoms with E-state index in [2.05, 4.69) is 10.2 Å². The summed E-state index contributed by atoms with van der Waals surface area (Å²) in [5.74, 6) is 0.728. The van der Waals surface area contributed by atoms with Crippen LogP contribution in [0.4, 0.5) is 0 Å². The van der Waals surface area contributed by atoms with E-state index in [-0.39, 0.29) is 5.69 Å². The van der Waals surface area contributed by atoms with Crippen molar-refractivity contribution in [2.45, 2.75) is 0 Å². The summed E-state index contributed by atoms with van der Waals surface area (Å²) in [6.45, 7) is 0.952. The van der Waals surface area contributed by atoms with Crippen molar-refractivity contribution in [2.24, 2.45) is 5.73 Å². The van der Waals surface area contributed by atoms with Gasteiger partial charge in [0.2, 0.25) is 0 Å². The predicted octanol–water partition coefficient (Wildman–Crippen LogP) is -0.102. The van der Waals surface area contributed by atoms with Gasteiger partial charge in [0.05, 0.1) is 5.69 Å². The van der Waals surface area contributed by atoms with E-state index < -0.39 is 0 Å². The van der Waals surface area contributed by atoms with Gasteiger partial charge in [0.1, 0.15) is 18.7 Å². The Kier molecular flexibility index (Phi) is 3.02. The van der Waals surface area contributed by atoms with Gasteiger partial charge in [-0.2, -0.15) is 5.10 Å². The number of nitrogens with one attached hydrogen (secondary N) is 1. The second kappa shape index (κ2) is 4.63. The summed E-state index contributed by atoms with van der Waals surface area (Å²) in [4.78, 5) is 11.3. The Balaban J connectivity index is 2.20. The standard InChI is InChI=1S/C10H12N4O2/c11-5-6-16-9-3-1-8(2-4-9)14-7-12-13-10(14)15/h1-4,7H,5-6,11H2,(H,13,15). The zero-order chi connectivity index (χ0) is 11.4. The van der Waals surface area contributed by atoms with Gasteiger partial charge in [-0.05, 0) is 24.3 Å². The molecule has 0 saturated carbocycles. The quantitative estimate of drug-likeness (QED) is 0.753. The molecule has 0 bridgehead atoms. The molecule has 1 heterocycles. The van der Waals surface area contributed by atoms with Gasteiger partial charge < -0.3 is 10.5 Å². The molecule has 2 rings (SSSR count). The maximum absolute atomic E-state index is 11.3. The molecule has 0 aliphatic heterocycles. The Hall–Kier alpha value is -2.08. The monoisotopic (exact) mass is 220 g/mol. The van der Waals surface area contributed by atoms with Crippen LogP contribution >= 0.6 is 0 Å². The van der Waals surface area contributed by atoms with Crippen LogP contribution in [0, 0.1) is 0 Å². The molecule has 0 spiro atoms. The number of ether oxygens (including phenoxy) is 1. The van der Waals surface area contributed by atoms with E-state index in [4.69, 9.17) is 10.5 Å². The highest BCUT2D eigenvalue weighted by molar-refractivity contribution is 5.36. The largest absolute Gasteiger partial charge is 0.492 e. The van der Waals surface area contributed by atoms with Gasteiger partial charge in [-0.3, -0.25) is 0 Å². The number of benzene rings is 1. The molecule has 0 atom stereocenters. The lowest BCUT2D eigenvalue weighted by atomic mass is 10.3. The van der Waals surface area contributed by atoms with Crippen molar-refractivity contribution >= 4 is 0 Å². The molecule has 0 saturated heterocycles. The molecule has 0 unspecified atom stereocenters. The van der Waals surface area contributed by atoms with Gasteiger partial charge in [-0.1, -0.05) is 0 Å². The molecule has 2 aromatic rings. The van der Waals surface area contributed by atoms with Gasteiger partial charge in [0.25, 0.3) is 0 Å². The molecule has 16 heavy (non-hydrogen) atoms. The van der Waals surface area contributed by atoms with E-state index in [0.29, 0.717) is 13.2 Å². The summed E-state index contributed by atoms with van der Waals surface area (Å²) < 4.78 is 6.73. The fourth-order valence-electron chi connectivity index (χ4n) is 1.31. The van der Waals surface area contributed by atoms with Crippen LogP contribution in [-0.2, 0) is 0 Å². The van der Waals surface area contributed by atoms with Crippen LogP contribution in [0.1, 0.15) is 0 Å². The molecule has 0 amide bonds. The topological polar surface area (TPSA) is 85.9 Å². The molecular weight excluding hydrogens is 208 g/mol. The summed E-state index contributed by atoms with van der Waals surface area (Å²) in [5.41, 5.74) is 5.79. The molecular formula is C10H12N4O2. The molecule has 0 aliphatic rings. The lowest BCUT2D eigenvalue weighted by molar-refractivity contribution is 0.328. The minimum absolute atomic E-state index is 0.268. The number of hydrogen-bond acceptors (Lipinski definition) is 4. The summed E-state index contributed by atoms with van der Waals surface area (Å²) in [6, 6.07) is 7.13. The molecule has 1 aromatic heterocycles. The number of hydrogen-bond donors (Lipinski definition) is 2. The Morgan fingerprint density at radius 2 is 2.12 bits per heavy atom. The van der Waals surface area contributed by atoms with Crippen LogP contribution in [0.3, 0.4) is 0 Å². The second-order valence-electron chi connectivity index (χ2n) is 3.16. The molecule has 0 radical (unpaired) electrons. The lowest BCUT2D eigenvalue weighted by Gasteiger charge is -2.05. The third-order valence-electron chi connectivity index (χ3n) is 2.05. The molecule has 6 heteroatoms. The molecule has 0 fully saturated rings. The van der Waals surface area contributed by atoms with Crippen molar-refractivity contribution in [1.29, 1.82) is 0 Å². The minimum Gasteiger partial charge on any atom is -0.492 e. The zero-order valence-electron chi connectivity index (χ0n) is 8.59. The van der Waals surface area contributed by atoms with E-state index in [9.17, 15) is 4.79 Å². The van der Waals surface area contributed by atoms with Crippen molar-refractivity contribution in [1.82, 2.24) is 14.8 Å². The SMILES string of the molecule is NCCOc1ccc(-n2cn[nH]c2=O)cc1. The molecule has 0 aliphatic carbocycles. The van der Waals surface area contributed by atoms with E-state index in [1.54, 1.807) is 24.3 Å². The Bertz CT molecular complexity index is 500. The lowest BCUT2D eigenvalue weighted by Crippen LogP contribution is -2.14. The maximum atomic E-state index is 11.3. The van der Waals surface area contributed by atoms with Crippen LogP contribution in [0.15, 0.2) is 35.4 Å². The number of H-pyrrole nitrogens is 1. The fourth-order valence-corrected chi connectivity index (χ4v) is 1.31. The maximum Gasteiger partial charge on any atom is 0.347 e. The summed E-state index contributed by atoms with van der Waals surface area (Å²) in [7, 11) is 0. The molecule has 84 valence electrons. The normalized spacial score (nSPS) is 10.3. The first-order valence-electron chi connectivity index (χ1n) is 4.86. The van der Waals surface area contributed by atoms with Crippen LogP contribution in [0.5, 0.6) is 5.75 Å². The van der Waals surface area contributed by atoms with Crippen molar-refractivity contribution < 1.29 is 4.74 Å². The van der Waals surface area contributed by atoms with E-state index >= 15 is 0 Å².